The second-order valence-electron chi connectivity index (χ2n) is 2.84. The average molecular weight is 242 g/mol. The minimum atomic E-state index is -0.649. The van der Waals surface area contributed by atoms with E-state index in [0.717, 1.165) is 0 Å². The Morgan fingerprint density at radius 2 is 2.12 bits per heavy atom. The summed E-state index contributed by atoms with van der Waals surface area (Å²) >= 11 is 5.70. The fourth-order valence-corrected chi connectivity index (χ4v) is 1.03. The first-order valence-electron chi connectivity index (χ1n) is 4.65. The van der Waals surface area contributed by atoms with Crippen LogP contribution in [0.25, 0.3) is 0 Å². The summed E-state index contributed by atoms with van der Waals surface area (Å²) in [5, 5.41) is 4.29. The highest BCUT2D eigenvalue weighted by Crippen LogP contribution is 2.12. The molecule has 0 fully saturated rings. The van der Waals surface area contributed by atoms with Crippen molar-refractivity contribution in [2.75, 3.05) is 12.0 Å². The number of benzene rings is 1. The SMILES string of the molecule is CCOC(=O)/C(N)=N\Nc1ccc(Cl)cc1. The molecule has 0 amide bonds. The number of halogens is 1. The van der Waals surface area contributed by atoms with Gasteiger partial charge in [0.15, 0.2) is 0 Å². The molecule has 0 bridgehead atoms. The van der Waals surface area contributed by atoms with E-state index < -0.39 is 5.97 Å². The summed E-state index contributed by atoms with van der Waals surface area (Å²) in [6.45, 7) is 1.95. The highest BCUT2D eigenvalue weighted by molar-refractivity contribution is 6.34. The van der Waals surface area contributed by atoms with Gasteiger partial charge >= 0.3 is 5.97 Å². The monoisotopic (exact) mass is 241 g/mol. The Bertz CT molecular complexity index is 390. The van der Waals surface area contributed by atoms with Crippen molar-refractivity contribution < 1.29 is 9.53 Å². The van der Waals surface area contributed by atoms with Crippen molar-refractivity contribution in [2.24, 2.45) is 10.8 Å². The molecule has 16 heavy (non-hydrogen) atoms. The predicted octanol–water partition coefficient (Wildman–Crippen LogP) is 1.59. The van der Waals surface area contributed by atoms with Crippen LogP contribution in [0.4, 0.5) is 5.69 Å². The molecule has 0 saturated carbocycles. The molecule has 0 aliphatic rings. The van der Waals surface area contributed by atoms with Crippen LogP contribution in [0.3, 0.4) is 0 Å². The Hall–Kier alpha value is -1.75. The number of ether oxygens (including phenoxy) is 1. The minimum absolute atomic E-state index is 0.225. The molecule has 1 aromatic rings. The number of hydrazone groups is 1. The molecule has 5 nitrogen and oxygen atoms in total. The highest BCUT2D eigenvalue weighted by Gasteiger charge is 2.06. The van der Waals surface area contributed by atoms with Crippen LogP contribution in [-0.4, -0.2) is 18.4 Å². The number of carbonyl (C=O) groups excluding carboxylic acids is 1. The zero-order valence-electron chi connectivity index (χ0n) is 8.74. The topological polar surface area (TPSA) is 76.7 Å². The van der Waals surface area contributed by atoms with Gasteiger partial charge in [0.2, 0.25) is 5.84 Å². The highest BCUT2D eigenvalue weighted by atomic mass is 35.5. The molecule has 3 N–H and O–H groups in total. The third kappa shape index (κ3) is 3.78. The number of amidine groups is 1. The standard InChI is InChI=1S/C10H12ClN3O2/c1-2-16-10(15)9(12)14-13-8-5-3-7(11)4-6-8/h3-6,13H,2H2,1H3,(H2,12,14). The van der Waals surface area contributed by atoms with E-state index in [0.29, 0.717) is 10.7 Å². The van der Waals surface area contributed by atoms with Gasteiger partial charge in [0.05, 0.1) is 12.3 Å². The summed E-state index contributed by atoms with van der Waals surface area (Å²) in [7, 11) is 0. The zero-order chi connectivity index (χ0) is 12.0. The van der Waals surface area contributed by atoms with Crippen molar-refractivity contribution in [1.29, 1.82) is 0 Å². The quantitative estimate of drug-likeness (QED) is 0.365. The first kappa shape index (κ1) is 12.3. The average Bonchev–Trinajstić information content (AvgIpc) is 2.28. The fourth-order valence-electron chi connectivity index (χ4n) is 0.900. The number of rotatable bonds is 3. The van der Waals surface area contributed by atoms with Crippen molar-refractivity contribution in [3.05, 3.63) is 29.3 Å². The van der Waals surface area contributed by atoms with Gasteiger partial charge in [0.1, 0.15) is 0 Å². The lowest BCUT2D eigenvalue weighted by Crippen LogP contribution is -2.27. The van der Waals surface area contributed by atoms with Gasteiger partial charge in [-0.05, 0) is 31.2 Å². The number of hydrogen-bond acceptors (Lipinski definition) is 4. The normalized spacial score (nSPS) is 11.0. The Labute approximate surface area is 98.2 Å². The maximum absolute atomic E-state index is 11.1. The van der Waals surface area contributed by atoms with Gasteiger partial charge in [-0.15, -0.1) is 5.10 Å². The molecular weight excluding hydrogens is 230 g/mol. The lowest BCUT2D eigenvalue weighted by atomic mass is 10.3. The molecule has 0 heterocycles. The molecule has 0 atom stereocenters. The molecule has 1 aromatic carbocycles. The van der Waals surface area contributed by atoms with E-state index in [2.05, 4.69) is 15.3 Å². The molecule has 1 rings (SSSR count). The Kier molecular flexibility index (Phi) is 4.60. The maximum atomic E-state index is 11.1. The molecule has 0 aromatic heterocycles. The van der Waals surface area contributed by atoms with Gasteiger partial charge in [0.25, 0.3) is 0 Å². The Morgan fingerprint density at radius 3 is 2.69 bits per heavy atom. The van der Waals surface area contributed by atoms with Gasteiger partial charge in [-0.2, -0.15) is 0 Å². The van der Waals surface area contributed by atoms with Crippen LogP contribution in [0.2, 0.25) is 5.02 Å². The van der Waals surface area contributed by atoms with E-state index in [1.54, 1.807) is 31.2 Å². The summed E-state index contributed by atoms with van der Waals surface area (Å²) in [5.74, 6) is -0.874. The van der Waals surface area contributed by atoms with E-state index >= 15 is 0 Å². The largest absolute Gasteiger partial charge is 0.460 e. The molecule has 6 heteroatoms. The molecular formula is C10H12ClN3O2. The third-order valence-corrected chi connectivity index (χ3v) is 1.89. The van der Waals surface area contributed by atoms with Crippen LogP contribution in [-0.2, 0) is 9.53 Å². The van der Waals surface area contributed by atoms with E-state index in [1.165, 1.54) is 0 Å². The number of hydrogen-bond donors (Lipinski definition) is 2. The maximum Gasteiger partial charge on any atom is 0.375 e. The van der Waals surface area contributed by atoms with Crippen molar-refractivity contribution in [3.8, 4) is 0 Å². The van der Waals surface area contributed by atoms with Crippen LogP contribution in [0, 0.1) is 0 Å². The Balaban J connectivity index is 2.58. The molecule has 0 aliphatic heterocycles. The van der Waals surface area contributed by atoms with Gasteiger partial charge in [-0.1, -0.05) is 11.6 Å². The third-order valence-electron chi connectivity index (χ3n) is 1.63. The first-order chi connectivity index (χ1) is 7.63. The van der Waals surface area contributed by atoms with E-state index in [9.17, 15) is 4.79 Å². The second-order valence-corrected chi connectivity index (χ2v) is 3.27. The molecule has 0 unspecified atom stereocenters. The molecule has 0 aliphatic carbocycles. The van der Waals surface area contributed by atoms with Gasteiger partial charge < -0.3 is 10.5 Å². The number of carbonyl (C=O) groups is 1. The van der Waals surface area contributed by atoms with Crippen molar-refractivity contribution in [2.45, 2.75) is 6.92 Å². The predicted molar refractivity (Wildman–Crippen MR) is 63.3 cm³/mol. The lowest BCUT2D eigenvalue weighted by molar-refractivity contribution is -0.135. The summed E-state index contributed by atoms with van der Waals surface area (Å²) < 4.78 is 4.66. The number of nitrogens with two attached hydrogens (primary N) is 1. The fraction of sp³-hybridized carbons (Fsp3) is 0.200. The Morgan fingerprint density at radius 1 is 1.50 bits per heavy atom. The van der Waals surface area contributed by atoms with Gasteiger partial charge in [0, 0.05) is 5.02 Å². The number of esters is 1. The van der Waals surface area contributed by atoms with E-state index in [1.807, 2.05) is 0 Å². The number of nitrogens with one attached hydrogen (secondary N) is 1. The van der Waals surface area contributed by atoms with Crippen LogP contribution in [0.5, 0.6) is 0 Å². The van der Waals surface area contributed by atoms with Crippen LogP contribution in [0.15, 0.2) is 29.4 Å². The number of nitrogens with zero attached hydrogens (tertiary/aromatic N) is 1. The molecule has 0 radical (unpaired) electrons. The van der Waals surface area contributed by atoms with E-state index in [4.69, 9.17) is 17.3 Å². The molecule has 0 saturated heterocycles. The second kappa shape index (κ2) is 5.97. The first-order valence-corrected chi connectivity index (χ1v) is 5.03. The summed E-state index contributed by atoms with van der Waals surface area (Å²) in [6, 6.07) is 6.81. The van der Waals surface area contributed by atoms with Crippen molar-refractivity contribution >= 4 is 29.1 Å². The summed E-state index contributed by atoms with van der Waals surface area (Å²) in [5.41, 5.74) is 8.66. The van der Waals surface area contributed by atoms with Gasteiger partial charge in [-0.3, -0.25) is 5.43 Å². The molecule has 0 spiro atoms. The van der Waals surface area contributed by atoms with Crippen molar-refractivity contribution in [1.82, 2.24) is 0 Å². The lowest BCUT2D eigenvalue weighted by Gasteiger charge is -2.02. The van der Waals surface area contributed by atoms with Crippen LogP contribution >= 0.6 is 11.6 Å². The summed E-state index contributed by atoms with van der Waals surface area (Å²) in [6.07, 6.45) is 0. The smallest absolute Gasteiger partial charge is 0.375 e. The van der Waals surface area contributed by atoms with Crippen molar-refractivity contribution in [3.63, 3.8) is 0 Å². The summed E-state index contributed by atoms with van der Waals surface area (Å²) in [4.78, 5) is 11.1. The molecule has 86 valence electrons. The van der Waals surface area contributed by atoms with Crippen LogP contribution in [0.1, 0.15) is 6.92 Å². The van der Waals surface area contributed by atoms with Gasteiger partial charge in [-0.25, -0.2) is 4.79 Å². The van der Waals surface area contributed by atoms with E-state index in [-0.39, 0.29) is 12.4 Å². The number of anilines is 1. The minimum Gasteiger partial charge on any atom is -0.460 e. The zero-order valence-corrected chi connectivity index (χ0v) is 9.49. The van der Waals surface area contributed by atoms with Crippen LogP contribution < -0.4 is 11.2 Å².